The van der Waals surface area contributed by atoms with Crippen LogP contribution in [0.1, 0.15) is 60.3 Å². The Labute approximate surface area is 139 Å². The number of nitrogens with zero attached hydrogens (tertiary/aromatic N) is 2. The molecule has 1 aliphatic heterocycles. The van der Waals surface area contributed by atoms with Crippen molar-refractivity contribution in [3.8, 4) is 0 Å². The van der Waals surface area contributed by atoms with Gasteiger partial charge in [-0.05, 0) is 29.8 Å². The molecule has 1 aliphatic rings. The lowest BCUT2D eigenvalue weighted by Crippen LogP contribution is -2.45. The highest BCUT2D eigenvalue weighted by Gasteiger charge is 2.43. The predicted octanol–water partition coefficient (Wildman–Crippen LogP) is 5.15. The van der Waals surface area contributed by atoms with Crippen LogP contribution in [0.15, 0.2) is 5.10 Å². The Morgan fingerprint density at radius 1 is 1.32 bits per heavy atom. The molecule has 0 unspecified atom stereocenters. The topological polar surface area (TPSA) is 24.8 Å². The van der Waals surface area contributed by atoms with E-state index in [0.29, 0.717) is 16.6 Å². The van der Waals surface area contributed by atoms with Crippen LogP contribution in [0.4, 0.5) is 0 Å². The van der Waals surface area contributed by atoms with Crippen molar-refractivity contribution in [3.05, 3.63) is 0 Å². The van der Waals surface area contributed by atoms with Gasteiger partial charge in [0, 0.05) is 19.4 Å². The van der Waals surface area contributed by atoms with Gasteiger partial charge in [-0.2, -0.15) is 5.10 Å². The van der Waals surface area contributed by atoms with E-state index in [1.54, 1.807) is 7.11 Å². The minimum Gasteiger partial charge on any atom is -0.382 e. The summed E-state index contributed by atoms with van der Waals surface area (Å²) in [4.78, 5) is 0. The second kappa shape index (κ2) is 7.96. The Bertz CT molecular complexity index is 374. The minimum absolute atomic E-state index is 0.403. The Hall–Kier alpha value is -0.353. The van der Waals surface area contributed by atoms with Gasteiger partial charge in [-0.1, -0.05) is 54.1 Å². The van der Waals surface area contributed by atoms with E-state index in [1.807, 2.05) is 0 Å². The smallest absolute Gasteiger partial charge is 0.0704 e. The number of ether oxygens (including phenoxy) is 1. The molecule has 2 atom stereocenters. The molecule has 0 N–H and O–H groups in total. The van der Waals surface area contributed by atoms with Crippen molar-refractivity contribution in [1.82, 2.24) is 5.01 Å². The lowest BCUT2D eigenvalue weighted by Gasteiger charge is -2.44. The summed E-state index contributed by atoms with van der Waals surface area (Å²) >= 11 is 0. The van der Waals surface area contributed by atoms with Crippen LogP contribution < -0.4 is 0 Å². The van der Waals surface area contributed by atoms with E-state index < -0.39 is 8.07 Å². The zero-order chi connectivity index (χ0) is 17.0. The summed E-state index contributed by atoms with van der Waals surface area (Å²) in [5.74, 6) is 0. The van der Waals surface area contributed by atoms with Gasteiger partial charge in [-0.3, -0.25) is 5.01 Å². The maximum absolute atomic E-state index is 5.38. The molecule has 0 bridgehead atoms. The standard InChI is InChI=1S/C18H38N2OSi/c1-9-16(17(10-2)22(7,8)18(3,4)5)19-20-13-11-12-15(20)14-21-6/h15,17H,9-14H2,1-8H3/t15-,17-/m0/s1. The quantitative estimate of drug-likeness (QED) is 0.477. The first-order chi connectivity index (χ1) is 10.2. The van der Waals surface area contributed by atoms with Crippen molar-refractivity contribution in [2.45, 2.75) is 90.0 Å². The number of methoxy groups -OCH3 is 1. The van der Waals surface area contributed by atoms with Gasteiger partial charge in [0.05, 0.1) is 20.7 Å². The molecule has 22 heavy (non-hydrogen) atoms. The van der Waals surface area contributed by atoms with Crippen LogP contribution in [-0.4, -0.2) is 45.1 Å². The summed E-state index contributed by atoms with van der Waals surface area (Å²) in [5.41, 5.74) is 2.10. The zero-order valence-corrected chi connectivity index (χ0v) is 17.2. The van der Waals surface area contributed by atoms with Crippen LogP contribution in [0.25, 0.3) is 0 Å². The Kier molecular flexibility index (Phi) is 7.12. The lowest BCUT2D eigenvalue weighted by atomic mass is 10.1. The van der Waals surface area contributed by atoms with Crippen molar-refractivity contribution < 1.29 is 4.74 Å². The maximum atomic E-state index is 5.38. The molecule has 4 heteroatoms. The molecule has 1 fully saturated rings. The number of rotatable bonds is 7. The second-order valence-corrected chi connectivity index (χ2v) is 13.9. The van der Waals surface area contributed by atoms with E-state index in [9.17, 15) is 0 Å². The van der Waals surface area contributed by atoms with Gasteiger partial charge in [0.15, 0.2) is 0 Å². The monoisotopic (exact) mass is 326 g/mol. The molecule has 1 rings (SSSR count). The van der Waals surface area contributed by atoms with Crippen LogP contribution in [0.2, 0.25) is 23.7 Å². The summed E-state index contributed by atoms with van der Waals surface area (Å²) in [6.45, 7) is 18.8. The average Bonchev–Trinajstić information content (AvgIpc) is 2.84. The van der Waals surface area contributed by atoms with Gasteiger partial charge in [-0.25, -0.2) is 0 Å². The van der Waals surface area contributed by atoms with Gasteiger partial charge >= 0.3 is 0 Å². The van der Waals surface area contributed by atoms with Gasteiger partial charge in [0.2, 0.25) is 0 Å². The third-order valence-electron chi connectivity index (χ3n) is 5.94. The molecule has 3 nitrogen and oxygen atoms in total. The van der Waals surface area contributed by atoms with Crippen molar-refractivity contribution in [2.24, 2.45) is 5.10 Å². The Balaban J connectivity index is 3.03. The molecule has 0 aromatic carbocycles. The highest BCUT2D eigenvalue weighted by molar-refractivity contribution is 6.84. The fourth-order valence-electron chi connectivity index (χ4n) is 3.55. The van der Waals surface area contributed by atoms with Crippen molar-refractivity contribution in [1.29, 1.82) is 0 Å². The first-order valence-corrected chi connectivity index (χ1v) is 12.1. The molecule has 0 aromatic heterocycles. The Morgan fingerprint density at radius 2 is 1.95 bits per heavy atom. The summed E-state index contributed by atoms with van der Waals surface area (Å²) in [7, 11) is 0.378. The fraction of sp³-hybridized carbons (Fsp3) is 0.944. The molecular formula is C18H38N2OSi. The normalized spacial score (nSPS) is 22.3. The summed E-state index contributed by atoms with van der Waals surface area (Å²) in [5, 5.41) is 7.87. The van der Waals surface area contributed by atoms with E-state index in [0.717, 1.165) is 19.6 Å². The number of hydrogen-bond donors (Lipinski definition) is 0. The molecule has 0 saturated carbocycles. The highest BCUT2D eigenvalue weighted by Crippen LogP contribution is 2.46. The third-order valence-corrected chi connectivity index (χ3v) is 12.3. The largest absolute Gasteiger partial charge is 0.382 e. The van der Waals surface area contributed by atoms with Gasteiger partial charge in [0.25, 0.3) is 0 Å². The number of hydrogen-bond acceptors (Lipinski definition) is 3. The molecular weight excluding hydrogens is 288 g/mol. The van der Waals surface area contributed by atoms with Crippen molar-refractivity contribution >= 4 is 13.8 Å². The van der Waals surface area contributed by atoms with E-state index in [1.165, 1.54) is 25.0 Å². The van der Waals surface area contributed by atoms with Crippen molar-refractivity contribution in [3.63, 3.8) is 0 Å². The number of hydrazone groups is 1. The molecule has 0 aromatic rings. The van der Waals surface area contributed by atoms with E-state index in [-0.39, 0.29) is 0 Å². The predicted molar refractivity (Wildman–Crippen MR) is 101 cm³/mol. The van der Waals surface area contributed by atoms with Crippen LogP contribution >= 0.6 is 0 Å². The molecule has 0 aliphatic carbocycles. The zero-order valence-electron chi connectivity index (χ0n) is 16.2. The molecule has 130 valence electrons. The Morgan fingerprint density at radius 3 is 2.41 bits per heavy atom. The van der Waals surface area contributed by atoms with Crippen LogP contribution in [-0.2, 0) is 4.74 Å². The third kappa shape index (κ3) is 4.35. The van der Waals surface area contributed by atoms with E-state index in [2.05, 4.69) is 52.7 Å². The summed E-state index contributed by atoms with van der Waals surface area (Å²) in [6, 6.07) is 0.475. The van der Waals surface area contributed by atoms with Crippen LogP contribution in [0, 0.1) is 0 Å². The first kappa shape index (κ1) is 19.7. The van der Waals surface area contributed by atoms with Gasteiger partial charge < -0.3 is 4.74 Å². The van der Waals surface area contributed by atoms with E-state index >= 15 is 0 Å². The summed E-state index contributed by atoms with van der Waals surface area (Å²) in [6.07, 6.45) is 4.74. The van der Waals surface area contributed by atoms with Gasteiger partial charge in [0.1, 0.15) is 0 Å². The maximum Gasteiger partial charge on any atom is 0.0704 e. The SMILES string of the molecule is CCC(=NN1CCC[C@H]1COC)[C@H](CC)[Si](C)(C)C(C)(C)C. The summed E-state index contributed by atoms with van der Waals surface area (Å²) < 4.78 is 5.38. The molecule has 0 spiro atoms. The highest BCUT2D eigenvalue weighted by atomic mass is 28.3. The molecule has 0 radical (unpaired) electrons. The molecule has 0 amide bonds. The van der Waals surface area contributed by atoms with Crippen LogP contribution in [0.5, 0.6) is 0 Å². The van der Waals surface area contributed by atoms with Crippen molar-refractivity contribution in [2.75, 3.05) is 20.3 Å². The second-order valence-electron chi connectivity index (χ2n) is 8.29. The average molecular weight is 327 g/mol. The lowest BCUT2D eigenvalue weighted by molar-refractivity contribution is 0.117. The minimum atomic E-state index is -1.42. The molecule has 1 heterocycles. The fourth-order valence-corrected chi connectivity index (χ4v) is 6.71. The molecule has 1 saturated heterocycles. The van der Waals surface area contributed by atoms with E-state index in [4.69, 9.17) is 9.84 Å². The first-order valence-electron chi connectivity index (χ1n) is 9.01. The van der Waals surface area contributed by atoms with Gasteiger partial charge in [-0.15, -0.1) is 0 Å². The van der Waals surface area contributed by atoms with Crippen LogP contribution in [0.3, 0.4) is 0 Å².